The van der Waals surface area contributed by atoms with E-state index >= 15 is 0 Å². The van der Waals surface area contributed by atoms with Crippen LogP contribution in [0.1, 0.15) is 86.7 Å². The largest absolute Gasteiger partial charge is 0.416 e. The maximum Gasteiger partial charge on any atom is 0.416 e. The molecule has 4 saturated heterocycles. The van der Waals surface area contributed by atoms with Crippen LogP contribution in [-0.2, 0) is 6.18 Å². The Morgan fingerprint density at radius 2 is 1.26 bits per heavy atom. The lowest BCUT2D eigenvalue weighted by atomic mass is 9.82. The molecule has 4 heterocycles. The summed E-state index contributed by atoms with van der Waals surface area (Å²) in [5.74, 6) is 0.280. The number of halogens is 3. The number of nitrogens with one attached hydrogen (secondary N) is 1. The zero-order valence-electron chi connectivity index (χ0n) is 20.5. The van der Waals surface area contributed by atoms with Crippen LogP contribution in [0, 0.1) is 5.92 Å². The van der Waals surface area contributed by atoms with Gasteiger partial charge in [0.25, 0.3) is 0 Å². The molecule has 0 bridgehead atoms. The summed E-state index contributed by atoms with van der Waals surface area (Å²) in [6.07, 6.45) is 5.50. The quantitative estimate of drug-likeness (QED) is 0.589. The first kappa shape index (κ1) is 24.5. The van der Waals surface area contributed by atoms with E-state index in [1.807, 2.05) is 12.1 Å². The maximum absolute atomic E-state index is 14.7. The molecule has 0 saturated carbocycles. The molecule has 5 rings (SSSR count). The molecular weight excluding hydrogens is 437 g/mol. The van der Waals surface area contributed by atoms with Gasteiger partial charge in [-0.3, -0.25) is 14.7 Å². The SMILES string of the molecule is FC(F)(F)c1cc(C(N2CCCCC2)N2CCCC2)ccc1C(C1CCNCC1)N1CCCC1. The second-order valence-corrected chi connectivity index (χ2v) is 10.8. The van der Waals surface area contributed by atoms with Crippen LogP contribution in [0.4, 0.5) is 13.2 Å². The Bertz CT molecular complexity index is 790. The fourth-order valence-corrected chi connectivity index (χ4v) is 6.97. The highest BCUT2D eigenvalue weighted by Crippen LogP contribution is 2.44. The van der Waals surface area contributed by atoms with Crippen LogP contribution in [0.3, 0.4) is 0 Å². The lowest BCUT2D eigenvalue weighted by Crippen LogP contribution is -2.43. The van der Waals surface area contributed by atoms with Crippen LogP contribution in [0.15, 0.2) is 18.2 Å². The zero-order chi connectivity index (χ0) is 23.5. The number of rotatable bonds is 6. The first-order valence-electron chi connectivity index (χ1n) is 13.7. The van der Waals surface area contributed by atoms with Crippen molar-refractivity contribution < 1.29 is 13.2 Å². The van der Waals surface area contributed by atoms with Crippen molar-refractivity contribution in [2.24, 2.45) is 5.92 Å². The Morgan fingerprint density at radius 1 is 0.735 bits per heavy atom. The van der Waals surface area contributed by atoms with E-state index in [1.165, 1.54) is 12.5 Å². The third-order valence-corrected chi connectivity index (χ3v) is 8.59. The molecule has 4 aliphatic heterocycles. The Balaban J connectivity index is 1.54. The average Bonchev–Trinajstić information content (AvgIpc) is 3.56. The molecule has 4 nitrogen and oxygen atoms in total. The van der Waals surface area contributed by atoms with Crippen LogP contribution in [-0.4, -0.2) is 67.1 Å². The number of benzene rings is 1. The summed E-state index contributed by atoms with van der Waals surface area (Å²) in [4.78, 5) is 7.21. The highest BCUT2D eigenvalue weighted by Gasteiger charge is 2.41. The third kappa shape index (κ3) is 5.32. The molecule has 4 aliphatic rings. The molecule has 0 aliphatic carbocycles. The molecule has 0 radical (unpaired) electrons. The van der Waals surface area contributed by atoms with Gasteiger partial charge in [0.2, 0.25) is 0 Å². The Hall–Kier alpha value is -1.15. The summed E-state index contributed by atoms with van der Waals surface area (Å²) in [6.45, 7) is 7.56. The zero-order valence-corrected chi connectivity index (χ0v) is 20.5. The van der Waals surface area contributed by atoms with E-state index in [9.17, 15) is 13.2 Å². The first-order valence-corrected chi connectivity index (χ1v) is 13.7. The molecule has 0 aromatic heterocycles. The fraction of sp³-hybridized carbons (Fsp3) is 0.778. The molecule has 0 amide bonds. The van der Waals surface area contributed by atoms with Crippen molar-refractivity contribution in [2.75, 3.05) is 52.4 Å². The number of piperidine rings is 2. The van der Waals surface area contributed by atoms with E-state index in [1.54, 1.807) is 0 Å². The minimum atomic E-state index is -4.34. The monoisotopic (exact) mass is 478 g/mol. The number of hydrogen-bond acceptors (Lipinski definition) is 4. The Morgan fingerprint density at radius 3 is 1.82 bits per heavy atom. The van der Waals surface area contributed by atoms with Gasteiger partial charge in [0.1, 0.15) is 0 Å². The summed E-state index contributed by atoms with van der Waals surface area (Å²) in [7, 11) is 0. The maximum atomic E-state index is 14.7. The summed E-state index contributed by atoms with van der Waals surface area (Å²) in [5, 5.41) is 3.40. The minimum absolute atomic E-state index is 0.0259. The van der Waals surface area contributed by atoms with Crippen molar-refractivity contribution in [3.8, 4) is 0 Å². The predicted molar refractivity (Wildman–Crippen MR) is 130 cm³/mol. The second-order valence-electron chi connectivity index (χ2n) is 10.8. The van der Waals surface area contributed by atoms with Gasteiger partial charge in [-0.25, -0.2) is 0 Å². The Labute approximate surface area is 202 Å². The van der Waals surface area contributed by atoms with Crippen LogP contribution >= 0.6 is 0 Å². The van der Waals surface area contributed by atoms with Crippen molar-refractivity contribution >= 4 is 0 Å². The fourth-order valence-electron chi connectivity index (χ4n) is 6.97. The molecular formula is C27H41F3N4. The number of likely N-dealkylation sites (tertiary alicyclic amines) is 3. The standard InChI is InChI=1S/C27H41F3N4/c28-27(29,30)24-20-22(26(34-18-6-7-19-34)33-16-2-1-3-17-33)8-9-23(24)25(32-14-4-5-15-32)21-10-12-31-13-11-21/h8-9,20-21,25-26,31H,1-7,10-19H2. The van der Waals surface area contributed by atoms with E-state index in [4.69, 9.17) is 0 Å². The van der Waals surface area contributed by atoms with Gasteiger partial charge in [-0.15, -0.1) is 0 Å². The van der Waals surface area contributed by atoms with Crippen LogP contribution in [0.2, 0.25) is 0 Å². The van der Waals surface area contributed by atoms with Crippen molar-refractivity contribution in [3.05, 3.63) is 34.9 Å². The summed E-state index contributed by atoms with van der Waals surface area (Å²) < 4.78 is 44.0. The first-order chi connectivity index (χ1) is 16.5. The lowest BCUT2D eigenvalue weighted by Gasteiger charge is -2.41. The molecule has 1 aromatic rings. The van der Waals surface area contributed by atoms with Gasteiger partial charge >= 0.3 is 6.18 Å². The normalized spacial score (nSPS) is 26.2. The van der Waals surface area contributed by atoms with Gasteiger partial charge in [-0.1, -0.05) is 18.6 Å². The molecule has 1 aromatic carbocycles. The molecule has 2 atom stereocenters. The molecule has 4 fully saturated rings. The third-order valence-electron chi connectivity index (χ3n) is 8.59. The second kappa shape index (κ2) is 10.9. The molecule has 190 valence electrons. The topological polar surface area (TPSA) is 21.8 Å². The highest BCUT2D eigenvalue weighted by molar-refractivity contribution is 5.38. The molecule has 0 spiro atoms. The van der Waals surface area contributed by atoms with Gasteiger partial charge in [0.05, 0.1) is 11.7 Å². The molecule has 34 heavy (non-hydrogen) atoms. The van der Waals surface area contributed by atoms with Crippen LogP contribution in [0.5, 0.6) is 0 Å². The van der Waals surface area contributed by atoms with E-state index < -0.39 is 6.18 Å². The summed E-state index contributed by atoms with van der Waals surface area (Å²) in [6, 6.07) is 5.33. The van der Waals surface area contributed by atoms with Crippen LogP contribution < -0.4 is 5.32 Å². The number of hydrogen-bond donors (Lipinski definition) is 1. The van der Waals surface area contributed by atoms with E-state index in [0.29, 0.717) is 5.56 Å². The van der Waals surface area contributed by atoms with Gasteiger partial charge in [-0.2, -0.15) is 13.2 Å². The highest BCUT2D eigenvalue weighted by atomic mass is 19.4. The van der Waals surface area contributed by atoms with Crippen molar-refractivity contribution in [1.82, 2.24) is 20.0 Å². The van der Waals surface area contributed by atoms with E-state index in [-0.39, 0.29) is 23.7 Å². The number of alkyl halides is 3. The molecule has 2 unspecified atom stereocenters. The Kier molecular flexibility index (Phi) is 7.83. The van der Waals surface area contributed by atoms with Gasteiger partial charge in [0, 0.05) is 6.04 Å². The minimum Gasteiger partial charge on any atom is -0.317 e. The van der Waals surface area contributed by atoms with Gasteiger partial charge < -0.3 is 5.32 Å². The van der Waals surface area contributed by atoms with E-state index in [0.717, 1.165) is 109 Å². The molecule has 7 heteroatoms. The van der Waals surface area contributed by atoms with Crippen LogP contribution in [0.25, 0.3) is 0 Å². The van der Waals surface area contributed by atoms with Crippen molar-refractivity contribution in [1.29, 1.82) is 0 Å². The van der Waals surface area contributed by atoms with Gasteiger partial charge in [0.15, 0.2) is 0 Å². The number of nitrogens with zero attached hydrogens (tertiary/aromatic N) is 3. The smallest absolute Gasteiger partial charge is 0.317 e. The van der Waals surface area contributed by atoms with Crippen molar-refractivity contribution in [2.45, 2.75) is 76.2 Å². The predicted octanol–water partition coefficient (Wildman–Crippen LogP) is 5.42. The summed E-state index contributed by atoms with van der Waals surface area (Å²) in [5.41, 5.74) is 0.968. The van der Waals surface area contributed by atoms with E-state index in [2.05, 4.69) is 20.0 Å². The molecule has 1 N–H and O–H groups in total. The lowest BCUT2D eigenvalue weighted by molar-refractivity contribution is -0.139. The summed E-state index contributed by atoms with van der Waals surface area (Å²) >= 11 is 0. The van der Waals surface area contributed by atoms with Crippen molar-refractivity contribution in [3.63, 3.8) is 0 Å². The van der Waals surface area contributed by atoms with Gasteiger partial charge in [-0.05, 0) is 127 Å². The average molecular weight is 479 g/mol.